The zero-order valence-electron chi connectivity index (χ0n) is 12.2. The van der Waals surface area contributed by atoms with E-state index in [9.17, 15) is 25.5 Å². The van der Waals surface area contributed by atoms with E-state index < -0.39 is 60.3 Å². The van der Waals surface area contributed by atoms with Crippen LogP contribution in [0, 0.1) is 5.92 Å². The molecule has 130 valence electrons. The Balaban J connectivity index is 1.98. The summed E-state index contributed by atoms with van der Waals surface area (Å²) in [5.74, 6) is -3.73. The first-order chi connectivity index (χ1) is 10.8. The molecule has 4 aliphatic heterocycles. The van der Waals surface area contributed by atoms with E-state index in [1.54, 1.807) is 0 Å². The Bertz CT molecular complexity index is 577. The fourth-order valence-electron chi connectivity index (χ4n) is 4.49. The fourth-order valence-corrected chi connectivity index (χ4v) is 4.49. The molecule has 1 spiro atoms. The zero-order chi connectivity index (χ0) is 16.8. The van der Waals surface area contributed by atoms with Gasteiger partial charge in [0.2, 0.25) is 0 Å². The lowest BCUT2D eigenvalue weighted by Crippen LogP contribution is -2.97. The van der Waals surface area contributed by atoms with Gasteiger partial charge in [0.25, 0.3) is 0 Å². The SMILES string of the molecule is CO[C@H]1N=C(N)NC23C(O)C4OC(O)(OC(C4O)C12)C3(O)CO. The third kappa shape index (κ3) is 1.41. The lowest BCUT2D eigenvalue weighted by atomic mass is 9.54. The molecule has 3 saturated heterocycles. The maximum Gasteiger partial charge on any atom is 0.316 e. The van der Waals surface area contributed by atoms with Gasteiger partial charge in [-0.3, -0.25) is 0 Å². The van der Waals surface area contributed by atoms with Gasteiger partial charge in [-0.25, -0.2) is 4.99 Å². The van der Waals surface area contributed by atoms with Gasteiger partial charge >= 0.3 is 5.97 Å². The molecule has 9 atom stereocenters. The number of guanidine groups is 1. The number of nitrogens with one attached hydrogen (secondary N) is 1. The van der Waals surface area contributed by atoms with E-state index in [0.717, 1.165) is 0 Å². The fraction of sp³-hybridized carbons (Fsp3) is 0.917. The summed E-state index contributed by atoms with van der Waals surface area (Å²) in [5.41, 5.74) is 1.48. The van der Waals surface area contributed by atoms with Gasteiger partial charge in [-0.2, -0.15) is 0 Å². The van der Waals surface area contributed by atoms with Crippen molar-refractivity contribution in [1.29, 1.82) is 0 Å². The summed E-state index contributed by atoms with van der Waals surface area (Å²) in [4.78, 5) is 4.04. The number of ether oxygens (including phenoxy) is 3. The Kier molecular flexibility index (Phi) is 2.90. The summed E-state index contributed by atoms with van der Waals surface area (Å²) in [7, 11) is 1.34. The van der Waals surface area contributed by atoms with Crippen molar-refractivity contribution in [1.82, 2.24) is 5.32 Å². The molecule has 23 heavy (non-hydrogen) atoms. The van der Waals surface area contributed by atoms with Crippen LogP contribution in [0.5, 0.6) is 0 Å². The summed E-state index contributed by atoms with van der Waals surface area (Å²) >= 11 is 0. The predicted molar refractivity (Wildman–Crippen MR) is 70.5 cm³/mol. The molecular weight excluding hydrogens is 314 g/mol. The Morgan fingerprint density at radius 3 is 2.57 bits per heavy atom. The summed E-state index contributed by atoms with van der Waals surface area (Å²) < 4.78 is 15.7. The highest BCUT2D eigenvalue weighted by Gasteiger charge is 2.85. The first-order valence-electron chi connectivity index (χ1n) is 7.17. The van der Waals surface area contributed by atoms with Crippen molar-refractivity contribution in [3.05, 3.63) is 0 Å². The first-order valence-corrected chi connectivity index (χ1v) is 7.17. The Labute approximate surface area is 130 Å². The van der Waals surface area contributed by atoms with Crippen molar-refractivity contribution in [2.45, 2.75) is 47.8 Å². The van der Waals surface area contributed by atoms with Crippen molar-refractivity contribution in [3.63, 3.8) is 0 Å². The summed E-state index contributed by atoms with van der Waals surface area (Å²) in [6.45, 7) is -1.01. The van der Waals surface area contributed by atoms with Gasteiger partial charge in [0.05, 0.1) is 12.5 Å². The van der Waals surface area contributed by atoms with Gasteiger partial charge in [0.15, 0.2) is 17.8 Å². The van der Waals surface area contributed by atoms with Crippen LogP contribution in [0.1, 0.15) is 0 Å². The minimum atomic E-state index is -2.63. The van der Waals surface area contributed by atoms with Crippen molar-refractivity contribution in [2.75, 3.05) is 13.7 Å². The molecule has 4 fully saturated rings. The Morgan fingerprint density at radius 2 is 1.96 bits per heavy atom. The number of hydrogen-bond acceptors (Lipinski definition) is 11. The van der Waals surface area contributed by atoms with Crippen LogP contribution < -0.4 is 11.1 Å². The monoisotopic (exact) mass is 333 g/mol. The van der Waals surface area contributed by atoms with Gasteiger partial charge in [0.1, 0.15) is 30.0 Å². The number of aliphatic hydroxyl groups is 5. The van der Waals surface area contributed by atoms with Gasteiger partial charge in [-0.15, -0.1) is 0 Å². The van der Waals surface area contributed by atoms with Gasteiger partial charge in [-0.1, -0.05) is 0 Å². The molecule has 8 unspecified atom stereocenters. The van der Waals surface area contributed by atoms with Gasteiger partial charge in [0, 0.05) is 7.11 Å². The second-order valence-electron chi connectivity index (χ2n) is 6.36. The molecule has 1 saturated carbocycles. The molecule has 0 aromatic heterocycles. The number of nitrogens with zero attached hydrogens (tertiary/aromatic N) is 1. The van der Waals surface area contributed by atoms with E-state index in [2.05, 4.69) is 10.3 Å². The molecule has 0 amide bonds. The zero-order valence-corrected chi connectivity index (χ0v) is 12.2. The smallest absolute Gasteiger partial charge is 0.316 e. The minimum absolute atomic E-state index is 0.154. The van der Waals surface area contributed by atoms with Crippen molar-refractivity contribution in [3.8, 4) is 0 Å². The van der Waals surface area contributed by atoms with Gasteiger partial charge in [-0.05, 0) is 0 Å². The van der Waals surface area contributed by atoms with Crippen molar-refractivity contribution < 1.29 is 39.7 Å². The Morgan fingerprint density at radius 1 is 1.30 bits per heavy atom. The number of nitrogens with two attached hydrogens (primary N) is 1. The molecule has 1 aliphatic carbocycles. The molecule has 4 bridgehead atoms. The van der Waals surface area contributed by atoms with Crippen LogP contribution >= 0.6 is 0 Å². The average molecular weight is 333 g/mol. The third-order valence-corrected chi connectivity index (χ3v) is 5.51. The summed E-state index contributed by atoms with van der Waals surface area (Å²) in [6, 6.07) is 0. The van der Waals surface area contributed by atoms with E-state index in [0.29, 0.717) is 0 Å². The standard InChI is InChI=1S/C12H19N3O8/c1-21-8-3-5-4(17)6-7(18)11(3,15-9(13)14-8)10(19,2-16)12(20,22-5)23-6/h3-8,16-20H,2H2,1H3,(H3,13,14,15)/t3?,4?,5?,6?,7?,8-,10?,11?,12?/m1/s1. The van der Waals surface area contributed by atoms with Crippen LogP contribution in [0.3, 0.4) is 0 Å². The van der Waals surface area contributed by atoms with Crippen LogP contribution in [-0.2, 0) is 14.2 Å². The van der Waals surface area contributed by atoms with E-state index in [4.69, 9.17) is 19.9 Å². The predicted octanol–water partition coefficient (Wildman–Crippen LogP) is -4.87. The normalized spacial score (nSPS) is 60.2. The highest BCUT2D eigenvalue weighted by atomic mass is 16.9. The molecular formula is C12H19N3O8. The van der Waals surface area contributed by atoms with Crippen LogP contribution in [0.15, 0.2) is 4.99 Å². The topological polar surface area (TPSA) is 179 Å². The molecule has 11 heteroatoms. The molecule has 5 rings (SSSR count). The largest absolute Gasteiger partial charge is 0.393 e. The highest BCUT2D eigenvalue weighted by molar-refractivity contribution is 5.80. The van der Waals surface area contributed by atoms with E-state index in [1.165, 1.54) is 7.11 Å². The molecule has 0 aromatic carbocycles. The average Bonchev–Trinajstić information content (AvgIpc) is 2.52. The lowest BCUT2D eigenvalue weighted by Gasteiger charge is -2.72. The number of rotatable bonds is 2. The van der Waals surface area contributed by atoms with E-state index in [-0.39, 0.29) is 5.96 Å². The quantitative estimate of drug-likeness (QED) is 0.259. The van der Waals surface area contributed by atoms with Crippen LogP contribution in [0.25, 0.3) is 0 Å². The number of aliphatic imine (C=N–C) groups is 1. The highest BCUT2D eigenvalue weighted by Crippen LogP contribution is 2.60. The second kappa shape index (κ2) is 4.32. The maximum atomic E-state index is 11.0. The molecule has 8 N–H and O–H groups in total. The van der Waals surface area contributed by atoms with E-state index in [1.807, 2.05) is 0 Å². The summed E-state index contributed by atoms with van der Waals surface area (Å²) in [6.07, 6.45) is -6.11. The molecule has 0 aromatic rings. The number of methoxy groups -OCH3 is 1. The Hall–Kier alpha value is -1.05. The lowest BCUT2D eigenvalue weighted by molar-refractivity contribution is -0.560. The maximum absolute atomic E-state index is 11.0. The number of aliphatic hydroxyl groups excluding tert-OH is 3. The molecule has 5 aliphatic rings. The molecule has 0 radical (unpaired) electrons. The second-order valence-corrected chi connectivity index (χ2v) is 6.36. The number of hydrogen-bond donors (Lipinski definition) is 7. The van der Waals surface area contributed by atoms with Crippen molar-refractivity contribution in [2.24, 2.45) is 16.6 Å². The van der Waals surface area contributed by atoms with Crippen LogP contribution in [-0.4, -0.2) is 93.0 Å². The van der Waals surface area contributed by atoms with Crippen LogP contribution in [0.2, 0.25) is 0 Å². The first kappa shape index (κ1) is 15.5. The summed E-state index contributed by atoms with van der Waals surface area (Å²) in [5, 5.41) is 55.2. The molecule has 4 heterocycles. The third-order valence-electron chi connectivity index (χ3n) is 5.51. The van der Waals surface area contributed by atoms with Gasteiger partial charge < -0.3 is 50.8 Å². The van der Waals surface area contributed by atoms with Crippen molar-refractivity contribution >= 4 is 5.96 Å². The van der Waals surface area contributed by atoms with E-state index >= 15 is 0 Å². The molecule has 11 nitrogen and oxygen atoms in total. The minimum Gasteiger partial charge on any atom is -0.393 e. The van der Waals surface area contributed by atoms with Crippen LogP contribution in [0.4, 0.5) is 0 Å².